The average Bonchev–Trinajstić information content (AvgIpc) is 2.46. The molecular weight excluding hydrogens is 242 g/mol. The lowest BCUT2D eigenvalue weighted by Crippen LogP contribution is -2.36. The number of benzene rings is 1. The van der Waals surface area contributed by atoms with Crippen molar-refractivity contribution in [1.29, 1.82) is 0 Å². The highest BCUT2D eigenvalue weighted by Crippen LogP contribution is 2.31. The van der Waals surface area contributed by atoms with Crippen LogP contribution in [-0.4, -0.2) is 24.0 Å². The van der Waals surface area contributed by atoms with Crippen molar-refractivity contribution in [3.05, 3.63) is 30.3 Å². The van der Waals surface area contributed by atoms with Crippen LogP contribution in [0.1, 0.15) is 25.7 Å². The van der Waals surface area contributed by atoms with E-state index in [1.165, 1.54) is 0 Å². The Morgan fingerprint density at radius 3 is 2.42 bits per heavy atom. The maximum Gasteiger partial charge on any atom is 0.306 e. The average molecular weight is 261 g/mol. The molecule has 1 aliphatic rings. The number of hydrogen-bond donors (Lipinski definition) is 1. The first-order valence-corrected chi connectivity index (χ1v) is 6.65. The molecule has 4 nitrogen and oxygen atoms in total. The van der Waals surface area contributed by atoms with Gasteiger partial charge in [0.2, 0.25) is 5.91 Å². The fraction of sp³-hybridized carbons (Fsp3) is 0.467. The van der Waals surface area contributed by atoms with Crippen LogP contribution in [0.2, 0.25) is 0 Å². The molecule has 1 aromatic carbocycles. The van der Waals surface area contributed by atoms with Gasteiger partial charge in [-0.25, -0.2) is 0 Å². The first-order chi connectivity index (χ1) is 9.09. The molecule has 0 bridgehead atoms. The predicted octanol–water partition coefficient (Wildman–Crippen LogP) is 2.54. The Kier molecular flexibility index (Phi) is 4.20. The Balaban J connectivity index is 2.05. The lowest BCUT2D eigenvalue weighted by Gasteiger charge is -2.29. The van der Waals surface area contributed by atoms with E-state index in [-0.39, 0.29) is 17.7 Å². The van der Waals surface area contributed by atoms with E-state index in [2.05, 4.69) is 0 Å². The standard InChI is InChI=1S/C15H19NO3/c1-16(13-8-3-2-4-9-13)14(17)11-6-5-7-12(10-11)15(18)19/h2-4,8-9,11-12H,5-7,10H2,1H3,(H,18,19). The summed E-state index contributed by atoms with van der Waals surface area (Å²) in [4.78, 5) is 25.1. The number of aliphatic carboxylic acids is 1. The smallest absolute Gasteiger partial charge is 0.306 e. The first kappa shape index (κ1) is 13.6. The number of carbonyl (C=O) groups excluding carboxylic acids is 1. The minimum Gasteiger partial charge on any atom is -0.481 e. The van der Waals surface area contributed by atoms with Gasteiger partial charge < -0.3 is 10.0 Å². The normalized spacial score (nSPS) is 22.8. The summed E-state index contributed by atoms with van der Waals surface area (Å²) in [6, 6.07) is 9.45. The molecule has 2 atom stereocenters. The van der Waals surface area contributed by atoms with Crippen molar-refractivity contribution < 1.29 is 14.7 Å². The largest absolute Gasteiger partial charge is 0.481 e. The molecular formula is C15H19NO3. The molecule has 1 fully saturated rings. The summed E-state index contributed by atoms with van der Waals surface area (Å²) < 4.78 is 0. The van der Waals surface area contributed by atoms with Gasteiger partial charge in [-0.15, -0.1) is 0 Å². The van der Waals surface area contributed by atoms with Crippen molar-refractivity contribution in [3.8, 4) is 0 Å². The van der Waals surface area contributed by atoms with E-state index in [4.69, 9.17) is 5.11 Å². The molecule has 102 valence electrons. The van der Waals surface area contributed by atoms with E-state index in [1.807, 2.05) is 30.3 Å². The Bertz CT molecular complexity index is 458. The van der Waals surface area contributed by atoms with Crippen LogP contribution in [0.3, 0.4) is 0 Å². The molecule has 2 rings (SSSR count). The van der Waals surface area contributed by atoms with E-state index in [1.54, 1.807) is 11.9 Å². The molecule has 0 radical (unpaired) electrons. The number of hydrogen-bond acceptors (Lipinski definition) is 2. The molecule has 19 heavy (non-hydrogen) atoms. The zero-order chi connectivity index (χ0) is 13.8. The molecule has 0 aromatic heterocycles. The molecule has 1 saturated carbocycles. The molecule has 0 heterocycles. The Labute approximate surface area is 113 Å². The van der Waals surface area contributed by atoms with Gasteiger partial charge in [0, 0.05) is 18.7 Å². The van der Waals surface area contributed by atoms with Gasteiger partial charge in [-0.2, -0.15) is 0 Å². The second-order valence-electron chi connectivity index (χ2n) is 5.13. The zero-order valence-corrected chi connectivity index (χ0v) is 11.1. The van der Waals surface area contributed by atoms with Crippen molar-refractivity contribution in [3.63, 3.8) is 0 Å². The van der Waals surface area contributed by atoms with Gasteiger partial charge in [0.1, 0.15) is 0 Å². The number of anilines is 1. The molecule has 0 aliphatic heterocycles. The fourth-order valence-electron chi connectivity index (χ4n) is 2.69. The minimum absolute atomic E-state index is 0.0251. The third-order valence-corrected chi connectivity index (χ3v) is 3.85. The second-order valence-corrected chi connectivity index (χ2v) is 5.13. The molecule has 1 aromatic rings. The van der Waals surface area contributed by atoms with Gasteiger partial charge in [-0.05, 0) is 31.4 Å². The van der Waals surface area contributed by atoms with E-state index >= 15 is 0 Å². The van der Waals surface area contributed by atoms with Gasteiger partial charge in [-0.3, -0.25) is 9.59 Å². The topological polar surface area (TPSA) is 57.6 Å². The number of amides is 1. The van der Waals surface area contributed by atoms with E-state index in [9.17, 15) is 9.59 Å². The molecule has 0 spiro atoms. The van der Waals surface area contributed by atoms with Crippen molar-refractivity contribution >= 4 is 17.6 Å². The lowest BCUT2D eigenvalue weighted by atomic mass is 9.81. The van der Waals surface area contributed by atoms with Gasteiger partial charge in [0.25, 0.3) is 0 Å². The monoisotopic (exact) mass is 261 g/mol. The summed E-state index contributed by atoms with van der Waals surface area (Å²) in [7, 11) is 1.75. The Morgan fingerprint density at radius 1 is 1.16 bits per heavy atom. The maximum absolute atomic E-state index is 12.4. The van der Waals surface area contributed by atoms with Crippen LogP contribution in [0.5, 0.6) is 0 Å². The van der Waals surface area contributed by atoms with Crippen molar-refractivity contribution in [2.24, 2.45) is 11.8 Å². The van der Waals surface area contributed by atoms with Crippen LogP contribution in [0.25, 0.3) is 0 Å². The summed E-state index contributed by atoms with van der Waals surface area (Å²) in [6.07, 6.45) is 2.76. The summed E-state index contributed by atoms with van der Waals surface area (Å²) in [5.74, 6) is -1.29. The highest BCUT2D eigenvalue weighted by atomic mass is 16.4. The van der Waals surface area contributed by atoms with Crippen LogP contribution in [-0.2, 0) is 9.59 Å². The van der Waals surface area contributed by atoms with Gasteiger partial charge in [0.15, 0.2) is 0 Å². The Morgan fingerprint density at radius 2 is 1.79 bits per heavy atom. The van der Waals surface area contributed by atoms with Crippen LogP contribution < -0.4 is 4.90 Å². The lowest BCUT2D eigenvalue weighted by molar-refractivity contribution is -0.143. The summed E-state index contributed by atoms with van der Waals surface area (Å²) in [5.41, 5.74) is 0.852. The van der Waals surface area contributed by atoms with E-state index in [0.29, 0.717) is 12.8 Å². The molecule has 2 unspecified atom stereocenters. The maximum atomic E-state index is 12.4. The van der Waals surface area contributed by atoms with Gasteiger partial charge in [-0.1, -0.05) is 24.6 Å². The third-order valence-electron chi connectivity index (χ3n) is 3.85. The van der Waals surface area contributed by atoms with Crippen molar-refractivity contribution in [2.75, 3.05) is 11.9 Å². The van der Waals surface area contributed by atoms with Crippen molar-refractivity contribution in [2.45, 2.75) is 25.7 Å². The molecule has 1 amide bonds. The fourth-order valence-corrected chi connectivity index (χ4v) is 2.69. The second kappa shape index (κ2) is 5.87. The van der Waals surface area contributed by atoms with E-state index in [0.717, 1.165) is 18.5 Å². The van der Waals surface area contributed by atoms with Crippen LogP contribution >= 0.6 is 0 Å². The van der Waals surface area contributed by atoms with Crippen molar-refractivity contribution in [1.82, 2.24) is 0 Å². The van der Waals surface area contributed by atoms with Crippen LogP contribution in [0, 0.1) is 11.8 Å². The molecule has 1 aliphatic carbocycles. The predicted molar refractivity (Wildman–Crippen MR) is 72.9 cm³/mol. The number of rotatable bonds is 3. The zero-order valence-electron chi connectivity index (χ0n) is 11.1. The van der Waals surface area contributed by atoms with Crippen LogP contribution in [0.4, 0.5) is 5.69 Å². The number of carboxylic acids is 1. The Hall–Kier alpha value is -1.84. The number of nitrogens with zero attached hydrogens (tertiary/aromatic N) is 1. The quantitative estimate of drug-likeness (QED) is 0.909. The number of carboxylic acid groups (broad SMARTS) is 1. The van der Waals surface area contributed by atoms with Gasteiger partial charge in [0.05, 0.1) is 5.92 Å². The third kappa shape index (κ3) is 3.13. The molecule has 0 saturated heterocycles. The molecule has 1 N–H and O–H groups in total. The van der Waals surface area contributed by atoms with E-state index < -0.39 is 5.97 Å². The number of para-hydroxylation sites is 1. The summed E-state index contributed by atoms with van der Waals surface area (Å²) >= 11 is 0. The SMILES string of the molecule is CN(C(=O)C1CCCC(C(=O)O)C1)c1ccccc1. The summed E-state index contributed by atoms with van der Waals surface area (Å²) in [6.45, 7) is 0. The highest BCUT2D eigenvalue weighted by molar-refractivity contribution is 5.94. The minimum atomic E-state index is -0.778. The number of carbonyl (C=O) groups is 2. The summed E-state index contributed by atoms with van der Waals surface area (Å²) in [5, 5.41) is 9.07. The first-order valence-electron chi connectivity index (χ1n) is 6.65. The molecule has 4 heteroatoms. The van der Waals surface area contributed by atoms with Crippen LogP contribution in [0.15, 0.2) is 30.3 Å². The highest BCUT2D eigenvalue weighted by Gasteiger charge is 2.32. The van der Waals surface area contributed by atoms with Gasteiger partial charge >= 0.3 is 5.97 Å².